The number of carbonyl (C=O) groups is 1. The predicted molar refractivity (Wildman–Crippen MR) is 78.9 cm³/mol. The van der Waals surface area contributed by atoms with E-state index in [2.05, 4.69) is 0 Å². The Balaban J connectivity index is 2.03. The van der Waals surface area contributed by atoms with Gasteiger partial charge in [0, 0.05) is 6.42 Å². The van der Waals surface area contributed by atoms with E-state index < -0.39 is 5.97 Å². The second-order valence-corrected chi connectivity index (χ2v) is 5.90. The van der Waals surface area contributed by atoms with E-state index in [4.69, 9.17) is 9.84 Å². The summed E-state index contributed by atoms with van der Waals surface area (Å²) in [5.41, 5.74) is 2.49. The number of carboxylic acids is 1. The number of fused-ring (bicyclic) bond motifs is 1. The van der Waals surface area contributed by atoms with Gasteiger partial charge in [-0.3, -0.25) is 0 Å². The number of rotatable bonds is 2. The van der Waals surface area contributed by atoms with Crippen molar-refractivity contribution in [3.63, 3.8) is 0 Å². The molecule has 4 nitrogen and oxygen atoms in total. The highest BCUT2D eigenvalue weighted by molar-refractivity contribution is 5.92. The van der Waals surface area contributed by atoms with Gasteiger partial charge in [-0.05, 0) is 54.8 Å². The molecule has 0 spiro atoms. The van der Waals surface area contributed by atoms with Crippen molar-refractivity contribution < 1.29 is 19.7 Å². The Kier molecular flexibility index (Phi) is 2.90. The fraction of sp³-hybridized carbons (Fsp3) is 0.235. The largest absolute Gasteiger partial charge is 0.507 e. The molecule has 0 radical (unpaired) electrons. The first-order valence-electron chi connectivity index (χ1n) is 6.74. The zero-order valence-electron chi connectivity index (χ0n) is 11.9. The molecule has 0 fully saturated rings. The molecule has 0 amide bonds. The number of carboxylic acid groups (broad SMARTS) is 1. The minimum absolute atomic E-state index is 0.0930. The third-order valence-electron chi connectivity index (χ3n) is 3.62. The average molecular weight is 284 g/mol. The highest BCUT2D eigenvalue weighted by atomic mass is 16.5. The van der Waals surface area contributed by atoms with Gasteiger partial charge >= 0.3 is 5.97 Å². The lowest BCUT2D eigenvalue weighted by molar-refractivity contribution is 0.0693. The van der Waals surface area contributed by atoms with E-state index in [-0.39, 0.29) is 16.9 Å². The molecule has 3 rings (SSSR count). The third-order valence-corrected chi connectivity index (χ3v) is 3.62. The number of aromatic carboxylic acids is 1. The quantitative estimate of drug-likeness (QED) is 0.886. The first kappa shape index (κ1) is 13.5. The number of ether oxygens (including phenoxy) is 1. The van der Waals surface area contributed by atoms with Gasteiger partial charge in [-0.2, -0.15) is 0 Å². The summed E-state index contributed by atoms with van der Waals surface area (Å²) < 4.78 is 5.83. The average Bonchev–Trinajstić information content (AvgIpc) is 2.71. The van der Waals surface area contributed by atoms with Crippen molar-refractivity contribution in [2.75, 3.05) is 0 Å². The Morgan fingerprint density at radius 3 is 2.52 bits per heavy atom. The lowest BCUT2D eigenvalue weighted by Gasteiger charge is -2.16. The van der Waals surface area contributed by atoms with Crippen LogP contribution in [0.4, 0.5) is 0 Å². The number of hydrogen-bond donors (Lipinski definition) is 2. The molecule has 1 aliphatic rings. The van der Waals surface area contributed by atoms with Crippen molar-refractivity contribution >= 4 is 5.97 Å². The van der Waals surface area contributed by atoms with Gasteiger partial charge in [-0.1, -0.05) is 12.1 Å². The zero-order valence-corrected chi connectivity index (χ0v) is 11.9. The van der Waals surface area contributed by atoms with Crippen LogP contribution in [-0.2, 0) is 6.42 Å². The first-order valence-corrected chi connectivity index (χ1v) is 6.74. The smallest absolute Gasteiger partial charge is 0.339 e. The van der Waals surface area contributed by atoms with Crippen molar-refractivity contribution in [3.05, 3.63) is 47.5 Å². The summed E-state index contributed by atoms with van der Waals surface area (Å²) in [6.07, 6.45) is 0.819. The summed E-state index contributed by atoms with van der Waals surface area (Å²) in [4.78, 5) is 11.1. The van der Waals surface area contributed by atoms with Crippen molar-refractivity contribution in [2.24, 2.45) is 0 Å². The maximum atomic E-state index is 11.1. The van der Waals surface area contributed by atoms with Crippen LogP contribution < -0.4 is 4.74 Å². The van der Waals surface area contributed by atoms with Gasteiger partial charge in [0.1, 0.15) is 22.7 Å². The van der Waals surface area contributed by atoms with Crippen molar-refractivity contribution in [2.45, 2.75) is 25.9 Å². The van der Waals surface area contributed by atoms with Crippen LogP contribution in [-0.4, -0.2) is 21.8 Å². The Morgan fingerprint density at radius 1 is 1.14 bits per heavy atom. The maximum absolute atomic E-state index is 11.1. The first-order chi connectivity index (χ1) is 9.85. The van der Waals surface area contributed by atoms with E-state index in [0.29, 0.717) is 0 Å². The van der Waals surface area contributed by atoms with Crippen LogP contribution in [0.1, 0.15) is 29.8 Å². The van der Waals surface area contributed by atoms with Crippen molar-refractivity contribution in [1.82, 2.24) is 0 Å². The van der Waals surface area contributed by atoms with E-state index in [1.165, 1.54) is 12.1 Å². The molecule has 2 aromatic rings. The molecule has 21 heavy (non-hydrogen) atoms. The van der Waals surface area contributed by atoms with Crippen LogP contribution in [0.3, 0.4) is 0 Å². The molecule has 1 aliphatic heterocycles. The minimum Gasteiger partial charge on any atom is -0.507 e. The van der Waals surface area contributed by atoms with Crippen LogP contribution in [0.25, 0.3) is 11.1 Å². The molecule has 0 saturated carbocycles. The van der Waals surface area contributed by atoms with E-state index >= 15 is 0 Å². The van der Waals surface area contributed by atoms with Gasteiger partial charge in [0.15, 0.2) is 0 Å². The number of phenols is 1. The summed E-state index contributed by atoms with van der Waals surface area (Å²) in [6, 6.07) is 10.4. The molecule has 108 valence electrons. The van der Waals surface area contributed by atoms with E-state index in [1.807, 2.05) is 32.0 Å². The number of aromatic hydroxyl groups is 1. The summed E-state index contributed by atoms with van der Waals surface area (Å²) >= 11 is 0. The van der Waals surface area contributed by atoms with E-state index in [1.54, 1.807) is 6.07 Å². The molecule has 0 bridgehead atoms. The van der Waals surface area contributed by atoms with Crippen LogP contribution in [0.15, 0.2) is 36.4 Å². The van der Waals surface area contributed by atoms with Gasteiger partial charge in [-0.15, -0.1) is 0 Å². The molecule has 1 heterocycles. The molecular formula is C17H16O4. The fourth-order valence-corrected chi connectivity index (χ4v) is 2.68. The highest BCUT2D eigenvalue weighted by Gasteiger charge is 2.30. The molecule has 4 heteroatoms. The van der Waals surface area contributed by atoms with E-state index in [0.717, 1.165) is 28.9 Å². The number of hydrogen-bond acceptors (Lipinski definition) is 3. The van der Waals surface area contributed by atoms with E-state index in [9.17, 15) is 9.90 Å². The summed E-state index contributed by atoms with van der Waals surface area (Å²) in [6.45, 7) is 4.07. The monoisotopic (exact) mass is 284 g/mol. The van der Waals surface area contributed by atoms with Crippen molar-refractivity contribution in [3.8, 4) is 22.6 Å². The van der Waals surface area contributed by atoms with Gasteiger partial charge in [0.05, 0.1) is 0 Å². The van der Waals surface area contributed by atoms with Crippen molar-refractivity contribution in [1.29, 1.82) is 0 Å². The lowest BCUT2D eigenvalue weighted by Crippen LogP contribution is -2.24. The zero-order chi connectivity index (χ0) is 15.2. The van der Waals surface area contributed by atoms with Crippen LogP contribution in [0, 0.1) is 0 Å². The topological polar surface area (TPSA) is 66.8 Å². The standard InChI is InChI=1S/C17H16O4/c1-17(2)9-12-7-10(4-6-15(12)21-17)11-3-5-14(18)13(8-11)16(19)20/h3-8,18H,9H2,1-2H3,(H,19,20). The highest BCUT2D eigenvalue weighted by Crippen LogP contribution is 2.37. The third kappa shape index (κ3) is 2.44. The van der Waals surface area contributed by atoms with Gasteiger partial charge in [-0.25, -0.2) is 4.79 Å². The summed E-state index contributed by atoms with van der Waals surface area (Å²) in [5.74, 6) is -0.488. The molecular weight excluding hydrogens is 268 g/mol. The molecule has 0 aromatic heterocycles. The SMILES string of the molecule is CC1(C)Cc2cc(-c3ccc(O)c(C(=O)O)c3)ccc2O1. The normalized spacial score (nSPS) is 15.3. The van der Waals surface area contributed by atoms with Crippen LogP contribution >= 0.6 is 0 Å². The molecule has 0 aliphatic carbocycles. The van der Waals surface area contributed by atoms with Gasteiger partial charge < -0.3 is 14.9 Å². The second kappa shape index (κ2) is 4.52. The van der Waals surface area contributed by atoms with Crippen LogP contribution in [0.2, 0.25) is 0 Å². The Hall–Kier alpha value is -2.49. The maximum Gasteiger partial charge on any atom is 0.339 e. The Morgan fingerprint density at radius 2 is 1.81 bits per heavy atom. The summed E-state index contributed by atoms with van der Waals surface area (Å²) in [7, 11) is 0. The number of benzene rings is 2. The molecule has 0 saturated heterocycles. The molecule has 2 N–H and O–H groups in total. The second-order valence-electron chi connectivity index (χ2n) is 5.90. The minimum atomic E-state index is -1.14. The Labute approximate surface area is 122 Å². The molecule has 0 unspecified atom stereocenters. The predicted octanol–water partition coefficient (Wildman–Crippen LogP) is 3.47. The molecule has 0 atom stereocenters. The fourth-order valence-electron chi connectivity index (χ4n) is 2.68. The van der Waals surface area contributed by atoms with Crippen LogP contribution in [0.5, 0.6) is 11.5 Å². The summed E-state index contributed by atoms with van der Waals surface area (Å²) in [5, 5.41) is 18.7. The Bertz CT molecular complexity index is 732. The van der Waals surface area contributed by atoms with Gasteiger partial charge in [0.25, 0.3) is 0 Å². The molecule has 2 aromatic carbocycles. The van der Waals surface area contributed by atoms with Gasteiger partial charge in [0.2, 0.25) is 0 Å². The lowest BCUT2D eigenvalue weighted by atomic mass is 9.96.